The average Bonchev–Trinajstić information content (AvgIpc) is 3.14. The van der Waals surface area contributed by atoms with E-state index in [1.165, 1.54) is 0 Å². The molecule has 1 aromatic rings. The number of carbonyl (C=O) groups excluding carboxylic acids is 1. The molecule has 1 aliphatic carbocycles. The van der Waals surface area contributed by atoms with Crippen LogP contribution in [0, 0.1) is 11.8 Å². The fourth-order valence-electron chi connectivity index (χ4n) is 3.45. The van der Waals surface area contributed by atoms with E-state index < -0.39 is 17.8 Å². The van der Waals surface area contributed by atoms with Crippen LogP contribution >= 0.6 is 0 Å². The van der Waals surface area contributed by atoms with Crippen LogP contribution in [0.5, 0.6) is 0 Å². The summed E-state index contributed by atoms with van der Waals surface area (Å²) >= 11 is 0. The number of nitrogens with one attached hydrogen (secondary N) is 1. The summed E-state index contributed by atoms with van der Waals surface area (Å²) in [5, 5.41) is 20.4. The van der Waals surface area contributed by atoms with Crippen molar-refractivity contribution in [2.45, 2.75) is 51.6 Å². The van der Waals surface area contributed by atoms with Crippen molar-refractivity contribution in [1.29, 1.82) is 0 Å². The molecule has 0 radical (unpaired) electrons. The fourth-order valence-corrected chi connectivity index (χ4v) is 3.45. The Balaban J connectivity index is 1.68. The Kier molecular flexibility index (Phi) is 3.65. The van der Waals surface area contributed by atoms with Gasteiger partial charge in [-0.1, -0.05) is 6.42 Å². The van der Waals surface area contributed by atoms with E-state index >= 15 is 0 Å². The molecule has 1 fully saturated rings. The molecule has 0 aromatic carbocycles. The van der Waals surface area contributed by atoms with E-state index in [9.17, 15) is 14.7 Å². The number of hydrogen-bond acceptors (Lipinski definition) is 4. The first kappa shape index (κ1) is 14.0. The lowest BCUT2D eigenvalue weighted by atomic mass is 9.95. The van der Waals surface area contributed by atoms with Gasteiger partial charge < -0.3 is 15.0 Å². The molecular weight excluding hydrogens is 272 g/mol. The molecule has 114 valence electrons. The van der Waals surface area contributed by atoms with Crippen molar-refractivity contribution < 1.29 is 14.7 Å². The predicted molar refractivity (Wildman–Crippen MR) is 73.4 cm³/mol. The SMILES string of the molecule is CC(NC(=O)[C@@H]1CCC[C@@H]1C(=O)O)c1nnc2n1CCC2. The molecule has 1 saturated carbocycles. The molecule has 2 aliphatic rings. The van der Waals surface area contributed by atoms with Gasteiger partial charge in [-0.15, -0.1) is 10.2 Å². The van der Waals surface area contributed by atoms with Gasteiger partial charge in [0.1, 0.15) is 5.82 Å². The lowest BCUT2D eigenvalue weighted by Crippen LogP contribution is -2.37. The number of amides is 1. The van der Waals surface area contributed by atoms with Crippen LogP contribution in [-0.4, -0.2) is 31.7 Å². The van der Waals surface area contributed by atoms with Crippen LogP contribution in [0.25, 0.3) is 0 Å². The fraction of sp³-hybridized carbons (Fsp3) is 0.714. The summed E-state index contributed by atoms with van der Waals surface area (Å²) in [6, 6.07) is -0.244. The van der Waals surface area contributed by atoms with Crippen molar-refractivity contribution in [3.8, 4) is 0 Å². The summed E-state index contributed by atoms with van der Waals surface area (Å²) in [7, 11) is 0. The maximum absolute atomic E-state index is 12.3. The zero-order chi connectivity index (χ0) is 15.0. The van der Waals surface area contributed by atoms with E-state index in [-0.39, 0.29) is 11.9 Å². The van der Waals surface area contributed by atoms with Crippen molar-refractivity contribution in [1.82, 2.24) is 20.1 Å². The van der Waals surface area contributed by atoms with Gasteiger partial charge in [-0.05, 0) is 26.2 Å². The first-order valence-corrected chi connectivity index (χ1v) is 7.53. The van der Waals surface area contributed by atoms with Gasteiger partial charge in [0.15, 0.2) is 5.82 Å². The van der Waals surface area contributed by atoms with E-state index in [0.29, 0.717) is 12.8 Å². The van der Waals surface area contributed by atoms with Crippen LogP contribution in [0.4, 0.5) is 0 Å². The summed E-state index contributed by atoms with van der Waals surface area (Å²) in [5.74, 6) is -0.297. The number of carboxylic acid groups (broad SMARTS) is 1. The van der Waals surface area contributed by atoms with Gasteiger partial charge >= 0.3 is 5.97 Å². The van der Waals surface area contributed by atoms with Gasteiger partial charge in [-0.25, -0.2) is 0 Å². The lowest BCUT2D eigenvalue weighted by Gasteiger charge is -2.19. The van der Waals surface area contributed by atoms with Gasteiger partial charge in [0.25, 0.3) is 0 Å². The molecule has 1 unspecified atom stereocenters. The number of aryl methyl sites for hydroxylation is 1. The van der Waals surface area contributed by atoms with Crippen LogP contribution in [0.15, 0.2) is 0 Å². The Morgan fingerprint density at radius 3 is 2.81 bits per heavy atom. The number of aromatic nitrogens is 3. The highest BCUT2D eigenvalue weighted by Gasteiger charge is 2.38. The minimum absolute atomic E-state index is 0.178. The van der Waals surface area contributed by atoms with Gasteiger partial charge in [0.2, 0.25) is 5.91 Å². The largest absolute Gasteiger partial charge is 0.481 e. The lowest BCUT2D eigenvalue weighted by molar-refractivity contribution is -0.146. The molecule has 2 heterocycles. The van der Waals surface area contributed by atoms with Crippen LogP contribution in [0.1, 0.15) is 50.3 Å². The molecule has 3 rings (SSSR count). The molecule has 1 aliphatic heterocycles. The van der Waals surface area contributed by atoms with E-state index in [0.717, 1.165) is 37.5 Å². The molecule has 1 amide bonds. The molecular formula is C14H20N4O3. The number of aliphatic carboxylic acids is 1. The highest BCUT2D eigenvalue weighted by molar-refractivity contribution is 5.85. The first-order valence-electron chi connectivity index (χ1n) is 7.53. The zero-order valence-corrected chi connectivity index (χ0v) is 12.1. The number of fused-ring (bicyclic) bond motifs is 1. The van der Waals surface area contributed by atoms with Gasteiger partial charge in [-0.3, -0.25) is 9.59 Å². The maximum Gasteiger partial charge on any atom is 0.307 e. The van der Waals surface area contributed by atoms with Crippen molar-refractivity contribution in [3.05, 3.63) is 11.6 Å². The molecule has 0 spiro atoms. The first-order chi connectivity index (χ1) is 10.1. The summed E-state index contributed by atoms with van der Waals surface area (Å²) < 4.78 is 2.05. The average molecular weight is 292 g/mol. The van der Waals surface area contributed by atoms with Crippen LogP contribution in [0.2, 0.25) is 0 Å². The Morgan fingerprint density at radius 1 is 1.29 bits per heavy atom. The molecule has 3 atom stereocenters. The molecule has 0 saturated heterocycles. The second-order valence-electron chi connectivity index (χ2n) is 5.94. The quantitative estimate of drug-likeness (QED) is 0.859. The smallest absolute Gasteiger partial charge is 0.307 e. The maximum atomic E-state index is 12.3. The van der Waals surface area contributed by atoms with Crippen molar-refractivity contribution >= 4 is 11.9 Å². The van der Waals surface area contributed by atoms with E-state index in [1.54, 1.807) is 0 Å². The number of carboxylic acids is 1. The van der Waals surface area contributed by atoms with Crippen LogP contribution < -0.4 is 5.32 Å². The van der Waals surface area contributed by atoms with Gasteiger partial charge in [0.05, 0.1) is 17.9 Å². The second kappa shape index (κ2) is 5.46. The Bertz CT molecular complexity index is 569. The highest BCUT2D eigenvalue weighted by atomic mass is 16.4. The Hall–Kier alpha value is -1.92. The number of rotatable bonds is 4. The van der Waals surface area contributed by atoms with Gasteiger partial charge in [0, 0.05) is 13.0 Å². The number of carbonyl (C=O) groups is 2. The Morgan fingerprint density at radius 2 is 2.05 bits per heavy atom. The third kappa shape index (κ3) is 2.52. The second-order valence-corrected chi connectivity index (χ2v) is 5.94. The van der Waals surface area contributed by atoms with E-state index in [1.807, 2.05) is 11.5 Å². The topological polar surface area (TPSA) is 97.1 Å². The third-order valence-corrected chi connectivity index (χ3v) is 4.55. The monoisotopic (exact) mass is 292 g/mol. The van der Waals surface area contributed by atoms with E-state index in [4.69, 9.17) is 0 Å². The highest BCUT2D eigenvalue weighted by Crippen LogP contribution is 2.32. The van der Waals surface area contributed by atoms with Crippen molar-refractivity contribution in [2.75, 3.05) is 0 Å². The molecule has 7 nitrogen and oxygen atoms in total. The molecule has 21 heavy (non-hydrogen) atoms. The minimum atomic E-state index is -0.872. The van der Waals surface area contributed by atoms with Crippen LogP contribution in [0.3, 0.4) is 0 Å². The normalized spacial score (nSPS) is 25.6. The predicted octanol–water partition coefficient (Wildman–Crippen LogP) is 0.902. The van der Waals surface area contributed by atoms with Crippen molar-refractivity contribution in [2.24, 2.45) is 11.8 Å². The van der Waals surface area contributed by atoms with Crippen LogP contribution in [-0.2, 0) is 22.6 Å². The van der Waals surface area contributed by atoms with Crippen molar-refractivity contribution in [3.63, 3.8) is 0 Å². The Labute approximate surface area is 122 Å². The summed E-state index contributed by atoms with van der Waals surface area (Å²) in [6.07, 6.45) is 4.01. The minimum Gasteiger partial charge on any atom is -0.481 e. The summed E-state index contributed by atoms with van der Waals surface area (Å²) in [4.78, 5) is 23.5. The number of nitrogens with zero attached hydrogens (tertiary/aromatic N) is 3. The third-order valence-electron chi connectivity index (χ3n) is 4.55. The number of hydrogen-bond donors (Lipinski definition) is 2. The molecule has 2 N–H and O–H groups in total. The standard InChI is InChI=1S/C14H20N4O3/c1-8(12-17-16-11-6-3-7-18(11)12)15-13(19)9-4-2-5-10(9)14(20)21/h8-10H,2-7H2,1H3,(H,15,19)(H,20,21)/t8?,9-,10+/m1/s1. The zero-order valence-electron chi connectivity index (χ0n) is 12.1. The molecule has 7 heteroatoms. The molecule has 0 bridgehead atoms. The summed E-state index contributed by atoms with van der Waals surface area (Å²) in [6.45, 7) is 2.76. The van der Waals surface area contributed by atoms with Gasteiger partial charge in [-0.2, -0.15) is 0 Å². The molecule has 1 aromatic heterocycles. The van der Waals surface area contributed by atoms with E-state index in [2.05, 4.69) is 15.5 Å². The summed E-state index contributed by atoms with van der Waals surface area (Å²) in [5.41, 5.74) is 0.